The summed E-state index contributed by atoms with van der Waals surface area (Å²) in [7, 11) is -3.27. The fourth-order valence-electron chi connectivity index (χ4n) is 4.50. The van der Waals surface area contributed by atoms with Gasteiger partial charge >= 0.3 is 0 Å². The number of carbonyl (C=O) groups is 1. The van der Waals surface area contributed by atoms with Crippen LogP contribution in [-0.2, 0) is 32.9 Å². The van der Waals surface area contributed by atoms with E-state index >= 15 is 0 Å². The fourth-order valence-corrected chi connectivity index (χ4v) is 6.28. The van der Waals surface area contributed by atoms with Crippen LogP contribution in [0.4, 0.5) is 0 Å². The highest BCUT2D eigenvalue weighted by Gasteiger charge is 2.53. The van der Waals surface area contributed by atoms with E-state index in [9.17, 15) is 13.2 Å². The van der Waals surface area contributed by atoms with Crippen molar-refractivity contribution in [1.82, 2.24) is 10.1 Å². The smallest absolute Gasteiger partial charge is 0.237 e. The summed E-state index contributed by atoms with van der Waals surface area (Å²) in [5.74, 6) is 0.991. The fraction of sp³-hybridized carbons (Fsp3) is 0.250. The monoisotopic (exact) mass is 554 g/mol. The Morgan fingerprint density at radius 1 is 0.946 bits per heavy atom. The summed E-state index contributed by atoms with van der Waals surface area (Å²) in [5, 5.41) is 5.07. The van der Waals surface area contributed by atoms with Crippen LogP contribution in [0.2, 0.25) is 10.0 Å². The Morgan fingerprint density at radius 2 is 1.57 bits per heavy atom. The van der Waals surface area contributed by atoms with E-state index in [0.717, 1.165) is 29.5 Å². The lowest BCUT2D eigenvalue weighted by Crippen LogP contribution is -2.12. The lowest BCUT2D eigenvalue weighted by Gasteiger charge is -2.16. The van der Waals surface area contributed by atoms with Gasteiger partial charge in [0, 0.05) is 34.0 Å². The molecule has 0 aliphatic heterocycles. The lowest BCUT2D eigenvalue weighted by atomic mass is 9.93. The molecule has 4 aromatic rings. The van der Waals surface area contributed by atoms with Crippen molar-refractivity contribution in [2.75, 3.05) is 5.75 Å². The molecule has 0 bridgehead atoms. The predicted molar refractivity (Wildman–Crippen MR) is 143 cm³/mol. The van der Waals surface area contributed by atoms with Gasteiger partial charge in [-0.15, -0.1) is 0 Å². The third-order valence-corrected chi connectivity index (χ3v) is 9.01. The zero-order valence-electron chi connectivity index (χ0n) is 20.1. The summed E-state index contributed by atoms with van der Waals surface area (Å²) in [6.07, 6.45) is 1.90. The number of sulfone groups is 1. The largest absolute Gasteiger partial charge is 0.338 e. The Bertz CT molecular complexity index is 1540. The van der Waals surface area contributed by atoms with Crippen molar-refractivity contribution in [2.24, 2.45) is 0 Å². The molecule has 0 radical (unpaired) electrons. The van der Waals surface area contributed by atoms with Crippen molar-refractivity contribution < 1.29 is 17.7 Å². The molecule has 190 valence electrons. The number of halogens is 2. The Labute approximate surface area is 225 Å². The normalized spacial score (nSPS) is 14.5. The van der Waals surface area contributed by atoms with E-state index in [4.69, 9.17) is 27.7 Å². The Hall–Kier alpha value is -3.00. The number of benzene rings is 3. The van der Waals surface area contributed by atoms with Crippen LogP contribution in [0.25, 0.3) is 11.4 Å². The summed E-state index contributed by atoms with van der Waals surface area (Å²) in [4.78, 5) is 17.6. The molecule has 0 unspecified atom stereocenters. The Morgan fingerprint density at radius 3 is 2.16 bits per heavy atom. The maximum Gasteiger partial charge on any atom is 0.237 e. The second-order valence-corrected chi connectivity index (χ2v) is 12.3. The summed E-state index contributed by atoms with van der Waals surface area (Å²) in [5.41, 5.74) is 2.53. The zero-order valence-corrected chi connectivity index (χ0v) is 22.4. The summed E-state index contributed by atoms with van der Waals surface area (Å²) < 4.78 is 29.6. The van der Waals surface area contributed by atoms with Gasteiger partial charge in [-0.1, -0.05) is 77.7 Å². The van der Waals surface area contributed by atoms with Crippen LogP contribution in [-0.4, -0.2) is 30.1 Å². The highest BCUT2D eigenvalue weighted by molar-refractivity contribution is 7.91. The van der Waals surface area contributed by atoms with Gasteiger partial charge in [0.1, 0.15) is 5.78 Å². The van der Waals surface area contributed by atoms with Crippen molar-refractivity contribution in [3.05, 3.63) is 99.4 Å². The van der Waals surface area contributed by atoms with Gasteiger partial charge < -0.3 is 4.52 Å². The van der Waals surface area contributed by atoms with Gasteiger partial charge in [0.2, 0.25) is 11.7 Å². The zero-order chi connectivity index (χ0) is 26.2. The second-order valence-electron chi connectivity index (χ2n) is 9.25. The van der Waals surface area contributed by atoms with E-state index in [0.29, 0.717) is 27.3 Å². The van der Waals surface area contributed by atoms with Gasteiger partial charge in [-0.25, -0.2) is 8.42 Å². The minimum Gasteiger partial charge on any atom is -0.338 e. The predicted octanol–water partition coefficient (Wildman–Crippen LogP) is 6.27. The Kier molecular flexibility index (Phi) is 6.96. The number of hydrogen-bond acceptors (Lipinski definition) is 6. The van der Waals surface area contributed by atoms with Crippen LogP contribution >= 0.6 is 23.2 Å². The number of ketones is 1. The first-order chi connectivity index (χ1) is 17.7. The van der Waals surface area contributed by atoms with Gasteiger partial charge in [0.25, 0.3) is 0 Å². The van der Waals surface area contributed by atoms with Crippen LogP contribution in [0.15, 0.2) is 76.1 Å². The summed E-state index contributed by atoms with van der Waals surface area (Å²) >= 11 is 13.4. The molecule has 1 heterocycles. The SMILES string of the molecule is CCS(=O)(=O)c1ccc(CC(=O)Cc2cc(Cl)c(C3(c4nc(-c5ccccc5)no4)CC3)c(Cl)c2)cc1. The maximum absolute atomic E-state index is 12.8. The number of rotatable bonds is 9. The van der Waals surface area contributed by atoms with E-state index in [-0.39, 0.29) is 29.3 Å². The molecule has 1 aliphatic rings. The van der Waals surface area contributed by atoms with Gasteiger partial charge in [-0.2, -0.15) is 4.98 Å². The molecule has 1 fully saturated rings. The molecule has 0 saturated heterocycles. The molecule has 1 aliphatic carbocycles. The molecule has 1 aromatic heterocycles. The van der Waals surface area contributed by atoms with E-state index in [1.165, 1.54) is 0 Å². The molecular weight excluding hydrogens is 531 g/mol. The third kappa shape index (κ3) is 5.21. The van der Waals surface area contributed by atoms with Crippen LogP contribution < -0.4 is 0 Å². The van der Waals surface area contributed by atoms with E-state index < -0.39 is 15.3 Å². The minimum atomic E-state index is -3.27. The molecule has 0 spiro atoms. The van der Waals surface area contributed by atoms with Gasteiger partial charge in [-0.05, 0) is 48.2 Å². The summed E-state index contributed by atoms with van der Waals surface area (Å²) in [6, 6.07) is 19.6. The topological polar surface area (TPSA) is 90.1 Å². The third-order valence-electron chi connectivity index (χ3n) is 6.66. The van der Waals surface area contributed by atoms with E-state index in [1.54, 1.807) is 43.3 Å². The van der Waals surface area contributed by atoms with E-state index in [1.807, 2.05) is 30.3 Å². The lowest BCUT2D eigenvalue weighted by molar-refractivity contribution is -0.117. The molecule has 3 aromatic carbocycles. The second kappa shape index (κ2) is 10.0. The molecule has 5 rings (SSSR count). The number of hydrogen-bond donors (Lipinski definition) is 0. The van der Waals surface area contributed by atoms with Crippen LogP contribution in [0, 0.1) is 0 Å². The van der Waals surface area contributed by atoms with Crippen molar-refractivity contribution >= 4 is 38.8 Å². The molecule has 6 nitrogen and oxygen atoms in total. The highest BCUT2D eigenvalue weighted by atomic mass is 35.5. The Balaban J connectivity index is 1.32. The van der Waals surface area contributed by atoms with Crippen molar-refractivity contribution in [2.45, 2.75) is 42.9 Å². The first-order valence-corrected chi connectivity index (χ1v) is 14.3. The van der Waals surface area contributed by atoms with Gasteiger partial charge in [0.15, 0.2) is 9.84 Å². The highest BCUT2D eigenvalue weighted by Crippen LogP contribution is 2.57. The molecule has 37 heavy (non-hydrogen) atoms. The molecule has 0 N–H and O–H groups in total. The van der Waals surface area contributed by atoms with Crippen molar-refractivity contribution in [1.29, 1.82) is 0 Å². The first-order valence-electron chi connectivity index (χ1n) is 11.9. The van der Waals surface area contributed by atoms with Crippen molar-refractivity contribution in [3.63, 3.8) is 0 Å². The van der Waals surface area contributed by atoms with Crippen LogP contribution in [0.1, 0.15) is 42.3 Å². The van der Waals surface area contributed by atoms with Gasteiger partial charge in [-0.3, -0.25) is 4.79 Å². The van der Waals surface area contributed by atoms with Gasteiger partial charge in [0.05, 0.1) is 16.1 Å². The summed E-state index contributed by atoms with van der Waals surface area (Å²) in [6.45, 7) is 1.60. The minimum absolute atomic E-state index is 0.0310. The molecule has 0 atom stereocenters. The number of nitrogens with zero attached hydrogens (tertiary/aromatic N) is 2. The number of carbonyl (C=O) groups excluding carboxylic acids is 1. The molecule has 9 heteroatoms. The number of Topliss-reactive ketones (excluding diaryl/α,β-unsaturated/α-hetero) is 1. The van der Waals surface area contributed by atoms with Crippen molar-refractivity contribution in [3.8, 4) is 11.4 Å². The first kappa shape index (κ1) is 25.6. The molecular formula is C28H24Cl2N2O4S. The number of aromatic nitrogens is 2. The average molecular weight is 555 g/mol. The maximum atomic E-state index is 12.8. The van der Waals surface area contributed by atoms with Crippen LogP contribution in [0.3, 0.4) is 0 Å². The average Bonchev–Trinajstić information content (AvgIpc) is 3.50. The molecule has 1 saturated carbocycles. The molecule has 0 amide bonds. The quantitative estimate of drug-likeness (QED) is 0.242. The van der Waals surface area contributed by atoms with Crippen LogP contribution in [0.5, 0.6) is 0 Å². The van der Waals surface area contributed by atoms with E-state index in [2.05, 4.69) is 10.1 Å². The standard InChI is InChI=1S/C28H24Cl2N2O4S/c1-2-37(34,35)22-10-8-18(9-11-22)14-21(33)15-19-16-23(29)25(24(30)17-19)28(12-13-28)27-31-26(32-36-27)20-6-4-3-5-7-20/h3-11,16-17H,2,12-15H2,1H3.